The van der Waals surface area contributed by atoms with Crippen molar-refractivity contribution in [3.05, 3.63) is 35.9 Å². The van der Waals surface area contributed by atoms with Gasteiger partial charge in [-0.2, -0.15) is 0 Å². The van der Waals surface area contributed by atoms with Gasteiger partial charge in [-0.05, 0) is 31.2 Å². The molecule has 3 heterocycles. The molecule has 34 heavy (non-hydrogen) atoms. The zero-order valence-corrected chi connectivity index (χ0v) is 20.2. The lowest BCUT2D eigenvalue weighted by Gasteiger charge is -2.34. The third kappa shape index (κ3) is 4.01. The molecule has 0 saturated carbocycles. The van der Waals surface area contributed by atoms with Crippen LogP contribution in [0.1, 0.15) is 57.9 Å². The fourth-order valence-electron chi connectivity index (χ4n) is 6.34. The van der Waals surface area contributed by atoms with Crippen LogP contribution in [0.4, 0.5) is 0 Å². The lowest BCUT2D eigenvalue weighted by atomic mass is 9.65. The van der Waals surface area contributed by atoms with Gasteiger partial charge in [0.1, 0.15) is 11.6 Å². The molecule has 3 aliphatic heterocycles. The minimum atomic E-state index is -1.04. The number of fused-ring (bicyclic) bond motifs is 1. The zero-order valence-electron chi connectivity index (χ0n) is 20.2. The molecule has 5 atom stereocenters. The molecule has 1 spiro atoms. The molecule has 4 rings (SSSR count). The number of rotatable bonds is 11. The maximum Gasteiger partial charge on any atom is 0.245 e. The Kier molecular flexibility index (Phi) is 7.28. The lowest BCUT2D eigenvalue weighted by molar-refractivity contribution is -0.148. The van der Waals surface area contributed by atoms with Crippen LogP contribution in [0.5, 0.6) is 0 Å². The highest BCUT2D eigenvalue weighted by atomic mass is 16.5. The molecular formula is C26H37N3O5. The standard InChI is InChI=1S/C26H37N3O5/c1-3-5-9-14-27-23(32)21-26-13-12-25(4-2,34-26)19(20(26)24(33)29(21)15-16-30)22(31)28-17-18-10-7-6-8-11-18/h6-8,10-11,19-21,30H,3-5,9,12-17H2,1-2H3,(H,27,32)(H,28,31)/t19-,20-,21?,25+,26?/m0/s1. The smallest absolute Gasteiger partial charge is 0.245 e. The SMILES string of the molecule is CCCCCNC(=O)C1N(CCO)C(=O)[C@@H]2[C@@H](C(=O)NCc3ccccc3)[C@@]3(CC)CCC12O3. The predicted molar refractivity (Wildman–Crippen MR) is 126 cm³/mol. The van der Waals surface area contributed by atoms with Crippen molar-refractivity contribution in [3.8, 4) is 0 Å². The fraction of sp³-hybridized carbons (Fsp3) is 0.654. The van der Waals surface area contributed by atoms with Crippen LogP contribution in [-0.4, -0.2) is 64.7 Å². The number of carbonyl (C=O) groups is 3. The van der Waals surface area contributed by atoms with Crippen molar-refractivity contribution >= 4 is 17.7 Å². The maximum absolute atomic E-state index is 13.7. The lowest BCUT2D eigenvalue weighted by Crippen LogP contribution is -2.55. The van der Waals surface area contributed by atoms with Gasteiger partial charge >= 0.3 is 0 Å². The molecule has 0 aromatic heterocycles. The molecule has 3 aliphatic rings. The number of nitrogens with one attached hydrogen (secondary N) is 2. The van der Waals surface area contributed by atoms with Crippen molar-refractivity contribution in [1.82, 2.24) is 15.5 Å². The number of aliphatic hydroxyl groups is 1. The van der Waals surface area contributed by atoms with E-state index < -0.39 is 29.1 Å². The Morgan fingerprint density at radius 2 is 1.88 bits per heavy atom. The number of hydrogen-bond donors (Lipinski definition) is 3. The molecule has 186 valence electrons. The first-order valence-corrected chi connectivity index (χ1v) is 12.6. The highest BCUT2D eigenvalue weighted by Crippen LogP contribution is 2.64. The first-order valence-electron chi connectivity index (χ1n) is 12.6. The normalized spacial score (nSPS) is 31.6. The summed E-state index contributed by atoms with van der Waals surface area (Å²) in [6, 6.07) is 8.81. The molecule has 1 aromatic rings. The van der Waals surface area contributed by atoms with Gasteiger partial charge in [-0.15, -0.1) is 0 Å². The number of amides is 3. The summed E-state index contributed by atoms with van der Waals surface area (Å²) in [5.74, 6) is -2.12. The second-order valence-corrected chi connectivity index (χ2v) is 9.79. The minimum Gasteiger partial charge on any atom is -0.395 e. The van der Waals surface area contributed by atoms with Gasteiger partial charge in [0.15, 0.2) is 0 Å². The quantitative estimate of drug-likeness (QED) is 0.426. The summed E-state index contributed by atoms with van der Waals surface area (Å²) in [6.45, 7) is 4.77. The summed E-state index contributed by atoms with van der Waals surface area (Å²) in [7, 11) is 0. The molecule has 0 radical (unpaired) electrons. The largest absolute Gasteiger partial charge is 0.395 e. The third-order valence-corrected chi connectivity index (χ3v) is 7.94. The Morgan fingerprint density at radius 3 is 2.56 bits per heavy atom. The average Bonchev–Trinajstić information content (AvgIpc) is 3.45. The average molecular weight is 472 g/mol. The molecule has 0 aliphatic carbocycles. The van der Waals surface area contributed by atoms with Crippen LogP contribution in [-0.2, 0) is 25.7 Å². The fourth-order valence-corrected chi connectivity index (χ4v) is 6.34. The Hall–Kier alpha value is -2.45. The number of hydrogen-bond acceptors (Lipinski definition) is 5. The van der Waals surface area contributed by atoms with Gasteiger partial charge in [0.25, 0.3) is 0 Å². The maximum atomic E-state index is 13.7. The van der Waals surface area contributed by atoms with Crippen LogP contribution in [0.15, 0.2) is 30.3 Å². The van der Waals surface area contributed by atoms with Crippen LogP contribution >= 0.6 is 0 Å². The van der Waals surface area contributed by atoms with Gasteiger partial charge < -0.3 is 25.4 Å². The monoisotopic (exact) mass is 471 g/mol. The molecule has 3 fully saturated rings. The van der Waals surface area contributed by atoms with E-state index in [1.807, 2.05) is 37.3 Å². The highest BCUT2D eigenvalue weighted by Gasteiger charge is 2.78. The number of ether oxygens (including phenoxy) is 1. The van der Waals surface area contributed by atoms with E-state index in [9.17, 15) is 19.5 Å². The zero-order chi connectivity index (χ0) is 24.3. The predicted octanol–water partition coefficient (Wildman–Crippen LogP) is 1.76. The van der Waals surface area contributed by atoms with E-state index in [2.05, 4.69) is 17.6 Å². The van der Waals surface area contributed by atoms with E-state index in [4.69, 9.17) is 4.74 Å². The van der Waals surface area contributed by atoms with Crippen molar-refractivity contribution in [2.24, 2.45) is 11.8 Å². The summed E-state index contributed by atoms with van der Waals surface area (Å²) >= 11 is 0. The Bertz CT molecular complexity index is 909. The molecule has 1 aromatic carbocycles. The van der Waals surface area contributed by atoms with Gasteiger partial charge in [0.05, 0.1) is 24.0 Å². The molecule has 8 nitrogen and oxygen atoms in total. The summed E-state index contributed by atoms with van der Waals surface area (Å²) < 4.78 is 6.65. The van der Waals surface area contributed by atoms with Crippen molar-refractivity contribution in [2.45, 2.75) is 76.2 Å². The van der Waals surface area contributed by atoms with Crippen molar-refractivity contribution in [2.75, 3.05) is 19.7 Å². The molecular weight excluding hydrogens is 434 g/mol. The highest BCUT2D eigenvalue weighted by molar-refractivity contribution is 5.99. The van der Waals surface area contributed by atoms with Crippen molar-refractivity contribution in [1.29, 1.82) is 0 Å². The molecule has 8 heteroatoms. The number of nitrogens with zero attached hydrogens (tertiary/aromatic N) is 1. The first-order chi connectivity index (χ1) is 16.4. The molecule has 2 bridgehead atoms. The summed E-state index contributed by atoms with van der Waals surface area (Å²) in [4.78, 5) is 42.0. The summed E-state index contributed by atoms with van der Waals surface area (Å²) in [6.07, 6.45) is 4.69. The van der Waals surface area contributed by atoms with E-state index in [-0.39, 0.29) is 30.9 Å². The van der Waals surface area contributed by atoms with Crippen LogP contribution < -0.4 is 10.6 Å². The van der Waals surface area contributed by atoms with E-state index in [0.717, 1.165) is 24.8 Å². The number of unbranched alkanes of at least 4 members (excludes halogenated alkanes) is 2. The van der Waals surface area contributed by atoms with Gasteiger partial charge in [0.2, 0.25) is 17.7 Å². The summed E-state index contributed by atoms with van der Waals surface area (Å²) in [5.41, 5.74) is -0.817. The number of carbonyl (C=O) groups excluding carboxylic acids is 3. The van der Waals surface area contributed by atoms with Gasteiger partial charge in [-0.1, -0.05) is 57.0 Å². The van der Waals surface area contributed by atoms with Crippen LogP contribution in [0.3, 0.4) is 0 Å². The van der Waals surface area contributed by atoms with E-state index >= 15 is 0 Å². The second-order valence-electron chi connectivity index (χ2n) is 9.79. The molecule has 2 unspecified atom stereocenters. The molecule has 3 amide bonds. The van der Waals surface area contributed by atoms with Gasteiger partial charge in [-0.25, -0.2) is 0 Å². The van der Waals surface area contributed by atoms with Crippen molar-refractivity contribution in [3.63, 3.8) is 0 Å². The Labute approximate surface area is 201 Å². The topological polar surface area (TPSA) is 108 Å². The first kappa shape index (κ1) is 24.7. The summed E-state index contributed by atoms with van der Waals surface area (Å²) in [5, 5.41) is 15.7. The Morgan fingerprint density at radius 1 is 1.12 bits per heavy atom. The number of aliphatic hydroxyl groups excluding tert-OH is 1. The minimum absolute atomic E-state index is 0.0466. The van der Waals surface area contributed by atoms with Crippen LogP contribution in [0.25, 0.3) is 0 Å². The number of benzene rings is 1. The Balaban J connectivity index is 1.60. The van der Waals surface area contributed by atoms with Gasteiger partial charge in [-0.3, -0.25) is 14.4 Å². The third-order valence-electron chi connectivity index (χ3n) is 7.94. The van der Waals surface area contributed by atoms with E-state index in [1.165, 1.54) is 4.90 Å². The second kappa shape index (κ2) is 10.0. The van der Waals surface area contributed by atoms with E-state index in [0.29, 0.717) is 32.4 Å². The number of β-amino-alcohol motifs (C(OH)–C–C–N with tert-alkyl or cyclic N) is 1. The van der Waals surface area contributed by atoms with E-state index in [1.54, 1.807) is 0 Å². The van der Waals surface area contributed by atoms with Crippen molar-refractivity contribution < 1.29 is 24.2 Å². The molecule has 3 saturated heterocycles. The van der Waals surface area contributed by atoms with Gasteiger partial charge in [0, 0.05) is 19.6 Å². The van der Waals surface area contributed by atoms with Crippen LogP contribution in [0.2, 0.25) is 0 Å². The number of likely N-dealkylation sites (tertiary alicyclic amines) is 1. The molecule has 3 N–H and O–H groups in total. The van der Waals surface area contributed by atoms with Crippen LogP contribution in [0, 0.1) is 11.8 Å².